The van der Waals surface area contributed by atoms with Crippen molar-refractivity contribution in [2.45, 2.75) is 94.8 Å². The van der Waals surface area contributed by atoms with Crippen LogP contribution in [0.3, 0.4) is 0 Å². The molecule has 2 aliphatic carbocycles. The van der Waals surface area contributed by atoms with Crippen molar-refractivity contribution in [3.63, 3.8) is 0 Å². The third-order valence-electron chi connectivity index (χ3n) is 12.7. The number of hydrogen-bond donors (Lipinski definition) is 3. The molecule has 1 amide bonds. The van der Waals surface area contributed by atoms with E-state index in [0.29, 0.717) is 18.8 Å². The average molecular weight is 868 g/mol. The maximum Gasteiger partial charge on any atom is 0.268 e. The van der Waals surface area contributed by atoms with Crippen LogP contribution in [0.5, 0.6) is 11.6 Å². The fraction of sp³-hybridized carbons (Fsp3) is 0.545. The lowest BCUT2D eigenvalue weighted by Gasteiger charge is -2.39. The molecule has 4 fully saturated rings. The van der Waals surface area contributed by atoms with E-state index in [9.17, 15) is 13.2 Å². The van der Waals surface area contributed by atoms with Crippen molar-refractivity contribution in [3.8, 4) is 11.6 Å². The topological polar surface area (TPSA) is 134 Å². The number of carbonyl (C=O) groups is 1. The van der Waals surface area contributed by atoms with Crippen molar-refractivity contribution < 1.29 is 27.4 Å². The number of sulfonamides is 1. The van der Waals surface area contributed by atoms with Gasteiger partial charge in [0.15, 0.2) is 0 Å². The molecule has 3 N–H and O–H groups in total. The van der Waals surface area contributed by atoms with Crippen LogP contribution >= 0.6 is 23.2 Å². The molecule has 318 valence electrons. The minimum Gasteiger partial charge on any atom is -0.489 e. The van der Waals surface area contributed by atoms with Gasteiger partial charge in [-0.25, -0.2) is 18.1 Å². The van der Waals surface area contributed by atoms with Crippen molar-refractivity contribution in [3.05, 3.63) is 81.5 Å². The van der Waals surface area contributed by atoms with E-state index in [1.165, 1.54) is 29.2 Å². The minimum atomic E-state index is -4.35. The maximum atomic E-state index is 13.9. The summed E-state index contributed by atoms with van der Waals surface area (Å²) in [5.74, 6) is -0.0852. The second-order valence-corrected chi connectivity index (χ2v) is 19.9. The Labute approximate surface area is 358 Å². The Morgan fingerprint density at radius 1 is 1.03 bits per heavy atom. The van der Waals surface area contributed by atoms with E-state index < -0.39 is 15.9 Å². The van der Waals surface area contributed by atoms with Gasteiger partial charge in [-0.15, -0.1) is 0 Å². The van der Waals surface area contributed by atoms with E-state index in [2.05, 4.69) is 56.3 Å². The zero-order valence-corrected chi connectivity index (χ0v) is 36.3. The van der Waals surface area contributed by atoms with Crippen LogP contribution in [0.15, 0.2) is 65.2 Å². The number of benzene rings is 2. The number of hydrogen-bond acceptors (Lipinski definition) is 11. The SMILES string of the molecule is CC1(C)CCC(CN2CCN(c3ccc(C(=O)NS(=O)(=O)c4cnc(OCCC5CCCO5)c(Cl)c4)c(OC4CCCC5NNCC54)c3)CC2)=C(c2ccc(Cl)cc2)C1. The summed E-state index contributed by atoms with van der Waals surface area (Å²) in [6.07, 6.45) is 9.99. The van der Waals surface area contributed by atoms with Crippen LogP contribution in [0, 0.1) is 11.3 Å². The van der Waals surface area contributed by atoms with E-state index >= 15 is 0 Å². The summed E-state index contributed by atoms with van der Waals surface area (Å²) in [7, 11) is -4.35. The monoisotopic (exact) mass is 866 g/mol. The normalized spacial score (nSPS) is 24.8. The maximum absolute atomic E-state index is 13.9. The summed E-state index contributed by atoms with van der Waals surface area (Å²) in [6.45, 7) is 10.9. The number of hydrazine groups is 1. The molecule has 15 heteroatoms. The number of halogens is 2. The Balaban J connectivity index is 0.968. The minimum absolute atomic E-state index is 0.0354. The average Bonchev–Trinajstić information content (AvgIpc) is 3.93. The van der Waals surface area contributed by atoms with Gasteiger partial charge in [0.2, 0.25) is 5.88 Å². The van der Waals surface area contributed by atoms with Gasteiger partial charge in [-0.05, 0) is 98.2 Å². The molecular weight excluding hydrogens is 811 g/mol. The summed E-state index contributed by atoms with van der Waals surface area (Å²) >= 11 is 12.7. The van der Waals surface area contributed by atoms with Crippen LogP contribution in [-0.2, 0) is 14.8 Å². The van der Waals surface area contributed by atoms with Crippen LogP contribution in [0.4, 0.5) is 5.69 Å². The molecule has 4 unspecified atom stereocenters. The molecule has 3 aliphatic heterocycles. The van der Waals surface area contributed by atoms with Crippen molar-refractivity contribution >= 4 is 50.4 Å². The van der Waals surface area contributed by atoms with Crippen molar-refractivity contribution in [1.29, 1.82) is 0 Å². The third-order valence-corrected chi connectivity index (χ3v) is 14.5. The van der Waals surface area contributed by atoms with E-state index in [1.807, 2.05) is 24.3 Å². The van der Waals surface area contributed by atoms with Gasteiger partial charge in [0.25, 0.3) is 15.9 Å². The molecule has 5 aliphatic rings. The van der Waals surface area contributed by atoms with Crippen molar-refractivity contribution in [2.75, 3.05) is 57.4 Å². The van der Waals surface area contributed by atoms with Crippen LogP contribution in [0.25, 0.3) is 5.57 Å². The van der Waals surface area contributed by atoms with E-state index in [1.54, 1.807) is 6.07 Å². The highest BCUT2D eigenvalue weighted by atomic mass is 35.5. The number of ether oxygens (including phenoxy) is 3. The lowest BCUT2D eigenvalue weighted by Crippen LogP contribution is -2.47. The largest absolute Gasteiger partial charge is 0.489 e. The molecule has 0 radical (unpaired) electrons. The molecule has 1 saturated carbocycles. The van der Waals surface area contributed by atoms with Crippen molar-refractivity contribution in [1.82, 2.24) is 25.5 Å². The van der Waals surface area contributed by atoms with Crippen LogP contribution in [0.2, 0.25) is 10.0 Å². The molecule has 0 bridgehead atoms. The first-order valence-corrected chi connectivity index (χ1v) is 23.3. The first-order valence-electron chi connectivity index (χ1n) is 21.1. The molecule has 3 aromatic rings. The number of nitrogens with one attached hydrogen (secondary N) is 3. The zero-order valence-electron chi connectivity index (χ0n) is 34.0. The highest BCUT2D eigenvalue weighted by molar-refractivity contribution is 7.90. The number of fused-ring (bicyclic) bond motifs is 1. The standard InChI is InChI=1S/C44H56Cl2N6O6S/c1-44(2)16-14-30(36(25-44)29-8-10-31(45)11-9-29)28-51-17-19-52(20-18-51)32-12-13-35(41(23-32)58-40-7-3-6-39-37(40)27-48-49-39)42(53)50-59(54,55)34-24-38(46)43(47-26-34)57-22-15-33-5-4-21-56-33/h8-13,23-24,26,33,37,39-40,48-49H,3-7,14-22,25,27-28H2,1-2H3,(H,50,53). The summed E-state index contributed by atoms with van der Waals surface area (Å²) in [6, 6.07) is 15.3. The predicted molar refractivity (Wildman–Crippen MR) is 231 cm³/mol. The summed E-state index contributed by atoms with van der Waals surface area (Å²) in [4.78, 5) is 22.7. The number of nitrogens with zero attached hydrogens (tertiary/aromatic N) is 3. The molecule has 4 heterocycles. The quantitative estimate of drug-likeness (QED) is 0.160. The fourth-order valence-corrected chi connectivity index (χ4v) is 10.6. The van der Waals surface area contributed by atoms with Crippen LogP contribution < -0.4 is 29.9 Å². The second kappa shape index (κ2) is 18.3. The lowest BCUT2D eigenvalue weighted by atomic mass is 9.72. The summed E-state index contributed by atoms with van der Waals surface area (Å²) in [5.41, 5.74) is 12.2. The van der Waals surface area contributed by atoms with Crippen LogP contribution in [-0.4, -0.2) is 94.9 Å². The van der Waals surface area contributed by atoms with Gasteiger partial charge in [-0.1, -0.05) is 54.8 Å². The molecule has 1 aromatic heterocycles. The number of aromatic nitrogens is 1. The second-order valence-electron chi connectivity index (χ2n) is 17.4. The molecule has 4 atom stereocenters. The van der Waals surface area contributed by atoms with Gasteiger partial charge in [-0.3, -0.25) is 20.5 Å². The number of pyridine rings is 1. The number of carbonyl (C=O) groups excluding carboxylic acids is 1. The summed E-state index contributed by atoms with van der Waals surface area (Å²) in [5, 5.41) is 0.786. The number of allylic oxidation sites excluding steroid dienone is 1. The fourth-order valence-electron chi connectivity index (χ4n) is 9.24. The summed E-state index contributed by atoms with van der Waals surface area (Å²) < 4.78 is 47.5. The van der Waals surface area contributed by atoms with Crippen LogP contribution in [0.1, 0.15) is 87.6 Å². The first-order chi connectivity index (χ1) is 28.4. The number of piperazine rings is 1. The smallest absolute Gasteiger partial charge is 0.268 e. The van der Waals surface area contributed by atoms with Gasteiger partial charge >= 0.3 is 0 Å². The first kappa shape index (κ1) is 42.3. The van der Waals surface area contributed by atoms with E-state index in [4.69, 9.17) is 37.4 Å². The number of rotatable bonds is 13. The highest BCUT2D eigenvalue weighted by Gasteiger charge is 2.39. The molecule has 59 heavy (non-hydrogen) atoms. The Kier molecular flexibility index (Phi) is 13.1. The Bertz CT molecular complexity index is 2120. The predicted octanol–water partition coefficient (Wildman–Crippen LogP) is 7.26. The Hall–Kier alpha value is -3.43. The van der Waals surface area contributed by atoms with Gasteiger partial charge in [-0.2, -0.15) is 0 Å². The Morgan fingerprint density at radius 3 is 2.61 bits per heavy atom. The zero-order chi connectivity index (χ0) is 41.1. The Morgan fingerprint density at radius 2 is 1.85 bits per heavy atom. The van der Waals surface area contributed by atoms with E-state index in [-0.39, 0.29) is 50.9 Å². The molecule has 0 spiro atoms. The van der Waals surface area contributed by atoms with Gasteiger partial charge < -0.3 is 19.1 Å². The highest BCUT2D eigenvalue weighted by Crippen LogP contribution is 2.43. The molecule has 12 nitrogen and oxygen atoms in total. The van der Waals surface area contributed by atoms with Gasteiger partial charge in [0.05, 0.1) is 24.5 Å². The van der Waals surface area contributed by atoms with Crippen molar-refractivity contribution in [2.24, 2.45) is 11.3 Å². The lowest BCUT2D eigenvalue weighted by molar-refractivity contribution is 0.0875. The van der Waals surface area contributed by atoms with E-state index in [0.717, 1.165) is 108 Å². The number of anilines is 1. The third kappa shape index (κ3) is 10.2. The molecule has 3 saturated heterocycles. The molecule has 2 aromatic carbocycles. The molecule has 8 rings (SSSR count). The molecular formula is C44H56Cl2N6O6S. The number of amides is 1. The van der Waals surface area contributed by atoms with Gasteiger partial charge in [0.1, 0.15) is 21.8 Å². The van der Waals surface area contributed by atoms with Gasteiger partial charge in [0, 0.05) is 81.0 Å².